The van der Waals surface area contributed by atoms with Gasteiger partial charge >= 0.3 is 5.97 Å². The zero-order chi connectivity index (χ0) is 14.4. The van der Waals surface area contributed by atoms with E-state index in [0.29, 0.717) is 11.4 Å². The van der Waals surface area contributed by atoms with Gasteiger partial charge in [0.1, 0.15) is 5.82 Å². The van der Waals surface area contributed by atoms with Gasteiger partial charge in [-0.3, -0.25) is 4.79 Å². The average Bonchev–Trinajstić information content (AvgIpc) is 2.36. The third-order valence-corrected chi connectivity index (χ3v) is 2.45. The van der Waals surface area contributed by atoms with Gasteiger partial charge in [-0.1, -0.05) is 0 Å². The second-order valence-electron chi connectivity index (χ2n) is 4.27. The van der Waals surface area contributed by atoms with E-state index >= 15 is 0 Å². The molecule has 0 aliphatic heterocycles. The standard InChI is InChI=1S/C13H17N3O3/c1-15(2)12(17)9-16(3)11-6-4-10(8-14-11)5-7-13(18)19/h4-8H,9H2,1-3H3,(H,18,19)/b7-5+. The third kappa shape index (κ3) is 4.79. The Morgan fingerprint density at radius 1 is 1.32 bits per heavy atom. The number of carboxylic acid groups (broad SMARTS) is 1. The molecule has 0 spiro atoms. The normalized spacial score (nSPS) is 10.5. The van der Waals surface area contributed by atoms with Gasteiger partial charge in [0, 0.05) is 33.4 Å². The van der Waals surface area contributed by atoms with Crippen LogP contribution in [-0.2, 0) is 9.59 Å². The number of carboxylic acids is 1. The number of amides is 1. The first-order valence-corrected chi connectivity index (χ1v) is 5.68. The number of likely N-dealkylation sites (N-methyl/N-ethyl adjacent to an activating group) is 2. The van der Waals surface area contributed by atoms with E-state index in [1.54, 1.807) is 44.4 Å². The van der Waals surface area contributed by atoms with Crippen molar-refractivity contribution >= 4 is 23.8 Å². The predicted octanol–water partition coefficient (Wildman–Crippen LogP) is 0.704. The summed E-state index contributed by atoms with van der Waals surface area (Å²) in [6.07, 6.45) is 4.07. The summed E-state index contributed by atoms with van der Waals surface area (Å²) in [6, 6.07) is 3.49. The van der Waals surface area contributed by atoms with Gasteiger partial charge in [-0.15, -0.1) is 0 Å². The van der Waals surface area contributed by atoms with Gasteiger partial charge in [0.05, 0.1) is 6.54 Å². The molecule has 0 atom stereocenters. The fraction of sp³-hybridized carbons (Fsp3) is 0.308. The Balaban J connectivity index is 2.70. The Morgan fingerprint density at radius 2 is 2.00 bits per heavy atom. The lowest BCUT2D eigenvalue weighted by Crippen LogP contribution is -2.34. The van der Waals surface area contributed by atoms with Crippen molar-refractivity contribution in [2.24, 2.45) is 0 Å². The van der Waals surface area contributed by atoms with Crippen LogP contribution >= 0.6 is 0 Å². The van der Waals surface area contributed by atoms with E-state index in [0.717, 1.165) is 6.08 Å². The molecule has 1 amide bonds. The smallest absolute Gasteiger partial charge is 0.328 e. The Hall–Kier alpha value is -2.37. The molecule has 0 radical (unpaired) electrons. The first-order chi connectivity index (χ1) is 8.90. The molecule has 1 aromatic rings. The Kier molecular flexibility index (Phi) is 5.05. The van der Waals surface area contributed by atoms with Crippen molar-refractivity contribution in [3.05, 3.63) is 30.0 Å². The molecule has 0 aromatic carbocycles. The van der Waals surface area contributed by atoms with Crippen LogP contribution in [0.15, 0.2) is 24.4 Å². The lowest BCUT2D eigenvalue weighted by atomic mass is 10.2. The van der Waals surface area contributed by atoms with Crippen LogP contribution in [0.1, 0.15) is 5.56 Å². The third-order valence-electron chi connectivity index (χ3n) is 2.45. The Morgan fingerprint density at radius 3 is 2.47 bits per heavy atom. The molecule has 19 heavy (non-hydrogen) atoms. The van der Waals surface area contributed by atoms with E-state index in [2.05, 4.69) is 4.98 Å². The zero-order valence-electron chi connectivity index (χ0n) is 11.2. The molecule has 0 unspecified atom stereocenters. The summed E-state index contributed by atoms with van der Waals surface area (Å²) in [5.41, 5.74) is 0.693. The van der Waals surface area contributed by atoms with E-state index < -0.39 is 5.97 Å². The number of aliphatic carboxylic acids is 1. The summed E-state index contributed by atoms with van der Waals surface area (Å²) in [5.74, 6) is -0.361. The van der Waals surface area contributed by atoms with Gasteiger partial charge in [-0.25, -0.2) is 9.78 Å². The Bertz CT molecular complexity index is 480. The number of carbonyl (C=O) groups is 2. The number of carbonyl (C=O) groups excluding carboxylic acids is 1. The maximum atomic E-state index is 11.6. The van der Waals surface area contributed by atoms with E-state index in [1.807, 2.05) is 0 Å². The lowest BCUT2D eigenvalue weighted by molar-refractivity contribution is -0.131. The van der Waals surface area contributed by atoms with Crippen LogP contribution in [0.25, 0.3) is 6.08 Å². The minimum Gasteiger partial charge on any atom is -0.478 e. The second kappa shape index (κ2) is 6.53. The highest BCUT2D eigenvalue weighted by Gasteiger charge is 2.09. The molecule has 0 bridgehead atoms. The molecular weight excluding hydrogens is 246 g/mol. The van der Waals surface area contributed by atoms with Crippen LogP contribution in [-0.4, -0.2) is 54.6 Å². The number of pyridine rings is 1. The summed E-state index contributed by atoms with van der Waals surface area (Å²) >= 11 is 0. The fourth-order valence-electron chi connectivity index (χ4n) is 1.31. The maximum Gasteiger partial charge on any atom is 0.328 e. The highest BCUT2D eigenvalue weighted by molar-refractivity contribution is 5.85. The van der Waals surface area contributed by atoms with Gasteiger partial charge in [0.15, 0.2) is 0 Å². The largest absolute Gasteiger partial charge is 0.478 e. The van der Waals surface area contributed by atoms with Crippen molar-refractivity contribution in [2.75, 3.05) is 32.6 Å². The Labute approximate surface area is 112 Å². The van der Waals surface area contributed by atoms with E-state index in [4.69, 9.17) is 5.11 Å². The highest BCUT2D eigenvalue weighted by Crippen LogP contribution is 2.10. The topological polar surface area (TPSA) is 73.7 Å². The molecule has 0 saturated heterocycles. The SMILES string of the molecule is CN(C)C(=O)CN(C)c1ccc(/C=C/C(=O)O)cn1. The summed E-state index contributed by atoms with van der Waals surface area (Å²) in [6.45, 7) is 0.240. The van der Waals surface area contributed by atoms with Crippen molar-refractivity contribution in [1.82, 2.24) is 9.88 Å². The molecule has 1 aromatic heterocycles. The van der Waals surface area contributed by atoms with Gasteiger partial charge in [-0.05, 0) is 23.8 Å². The van der Waals surface area contributed by atoms with E-state index in [9.17, 15) is 9.59 Å². The van der Waals surface area contributed by atoms with Crippen LogP contribution < -0.4 is 4.90 Å². The summed E-state index contributed by atoms with van der Waals surface area (Å²) < 4.78 is 0. The van der Waals surface area contributed by atoms with Gasteiger partial charge in [-0.2, -0.15) is 0 Å². The van der Waals surface area contributed by atoms with Gasteiger partial charge < -0.3 is 14.9 Å². The van der Waals surface area contributed by atoms with Crippen molar-refractivity contribution in [3.8, 4) is 0 Å². The molecule has 0 aliphatic carbocycles. The van der Waals surface area contributed by atoms with Crippen LogP contribution in [0, 0.1) is 0 Å². The number of hydrogen-bond acceptors (Lipinski definition) is 4. The molecule has 6 nitrogen and oxygen atoms in total. The molecule has 102 valence electrons. The van der Waals surface area contributed by atoms with Gasteiger partial charge in [0.25, 0.3) is 0 Å². The number of anilines is 1. The molecule has 0 saturated carbocycles. The predicted molar refractivity (Wildman–Crippen MR) is 72.9 cm³/mol. The number of rotatable bonds is 5. The molecule has 1 heterocycles. The summed E-state index contributed by atoms with van der Waals surface area (Å²) in [7, 11) is 5.17. The number of aromatic nitrogens is 1. The number of nitrogens with zero attached hydrogens (tertiary/aromatic N) is 3. The fourth-order valence-corrected chi connectivity index (χ4v) is 1.31. The van der Waals surface area contributed by atoms with Crippen LogP contribution in [0.5, 0.6) is 0 Å². The summed E-state index contributed by atoms with van der Waals surface area (Å²) in [5, 5.41) is 8.51. The van der Waals surface area contributed by atoms with Crippen molar-refractivity contribution in [3.63, 3.8) is 0 Å². The second-order valence-corrected chi connectivity index (χ2v) is 4.27. The van der Waals surface area contributed by atoms with Crippen molar-refractivity contribution in [2.45, 2.75) is 0 Å². The molecule has 0 aliphatic rings. The summed E-state index contributed by atoms with van der Waals surface area (Å²) in [4.78, 5) is 29.3. The van der Waals surface area contributed by atoms with E-state index in [-0.39, 0.29) is 12.5 Å². The van der Waals surface area contributed by atoms with Crippen LogP contribution in [0.4, 0.5) is 5.82 Å². The highest BCUT2D eigenvalue weighted by atomic mass is 16.4. The van der Waals surface area contributed by atoms with Crippen molar-refractivity contribution in [1.29, 1.82) is 0 Å². The minimum atomic E-state index is -1.00. The van der Waals surface area contributed by atoms with E-state index in [1.165, 1.54) is 11.0 Å². The average molecular weight is 263 g/mol. The van der Waals surface area contributed by atoms with Crippen molar-refractivity contribution < 1.29 is 14.7 Å². The molecular formula is C13H17N3O3. The first-order valence-electron chi connectivity index (χ1n) is 5.68. The zero-order valence-corrected chi connectivity index (χ0v) is 11.2. The van der Waals surface area contributed by atoms with Crippen LogP contribution in [0.2, 0.25) is 0 Å². The molecule has 1 rings (SSSR count). The van der Waals surface area contributed by atoms with Gasteiger partial charge in [0.2, 0.25) is 5.91 Å². The first kappa shape index (κ1) is 14.7. The minimum absolute atomic E-state index is 0.0147. The van der Waals surface area contributed by atoms with Crippen LogP contribution in [0.3, 0.4) is 0 Å². The maximum absolute atomic E-state index is 11.6. The molecule has 1 N–H and O–H groups in total. The molecule has 0 fully saturated rings. The number of hydrogen-bond donors (Lipinski definition) is 1. The lowest BCUT2D eigenvalue weighted by Gasteiger charge is -2.19. The molecule has 6 heteroatoms. The monoisotopic (exact) mass is 263 g/mol. The quantitative estimate of drug-likeness (QED) is 0.792.